The first-order valence-corrected chi connectivity index (χ1v) is 11.3. The molecule has 5 aromatic rings. The van der Waals surface area contributed by atoms with Crippen LogP contribution in [0.3, 0.4) is 0 Å². The second-order valence-corrected chi connectivity index (χ2v) is 8.36. The van der Waals surface area contributed by atoms with E-state index >= 15 is 0 Å². The maximum atomic E-state index is 12.7. The van der Waals surface area contributed by atoms with Crippen molar-refractivity contribution in [2.45, 2.75) is 26.3 Å². The Morgan fingerprint density at radius 3 is 2.34 bits per heavy atom. The molecule has 0 saturated carbocycles. The number of carbonyl (C=O) groups is 1. The summed E-state index contributed by atoms with van der Waals surface area (Å²) in [6.45, 7) is 4.05. The highest BCUT2D eigenvalue weighted by molar-refractivity contribution is 6.01. The minimum atomic E-state index is -0.328. The normalized spacial score (nSPS) is 11.1. The van der Waals surface area contributed by atoms with Gasteiger partial charge in [-0.2, -0.15) is 5.21 Å². The van der Waals surface area contributed by atoms with E-state index in [9.17, 15) is 4.79 Å². The Morgan fingerprint density at radius 1 is 0.943 bits per heavy atom. The Labute approximate surface area is 202 Å². The molecule has 9 nitrogen and oxygen atoms in total. The zero-order valence-corrected chi connectivity index (χ0v) is 19.4. The number of carbonyl (C=O) groups excluding carboxylic acids is 1. The quantitative estimate of drug-likeness (QED) is 0.365. The van der Waals surface area contributed by atoms with E-state index in [4.69, 9.17) is 0 Å². The third-order valence-electron chi connectivity index (χ3n) is 5.57. The number of amides is 1. The number of nitrogens with zero attached hydrogens (tertiary/aromatic N) is 6. The maximum absolute atomic E-state index is 12.7. The summed E-state index contributed by atoms with van der Waals surface area (Å²) in [6, 6.07) is 25.6. The molecule has 1 amide bonds. The largest absolute Gasteiger partial charge is 0.319 e. The fraction of sp³-hybridized carbons (Fsp3) is 0.154. The molecule has 2 heterocycles. The first-order valence-electron chi connectivity index (χ1n) is 11.3. The van der Waals surface area contributed by atoms with Gasteiger partial charge in [0.2, 0.25) is 11.6 Å². The number of tetrazole rings is 1. The Hall–Kier alpha value is -4.66. The Balaban J connectivity index is 1.38. The average molecular weight is 465 g/mol. The smallest absolute Gasteiger partial charge is 0.295 e. The van der Waals surface area contributed by atoms with Crippen LogP contribution in [0.5, 0.6) is 0 Å². The minimum absolute atomic E-state index is 0.0666. The van der Waals surface area contributed by atoms with Crippen molar-refractivity contribution >= 4 is 11.6 Å². The number of rotatable bonds is 7. The van der Waals surface area contributed by atoms with Crippen molar-refractivity contribution in [1.82, 2.24) is 35.4 Å². The molecular weight excluding hydrogens is 440 g/mol. The molecule has 0 aliphatic carbocycles. The molecule has 0 atom stereocenters. The minimum Gasteiger partial charge on any atom is -0.319 e. The number of hydrogen-bond donors (Lipinski definition) is 2. The van der Waals surface area contributed by atoms with Gasteiger partial charge in [0.15, 0.2) is 0 Å². The third-order valence-corrected chi connectivity index (χ3v) is 5.57. The molecule has 0 bridgehead atoms. The first kappa shape index (κ1) is 22.1. The van der Waals surface area contributed by atoms with E-state index < -0.39 is 0 Å². The van der Waals surface area contributed by atoms with E-state index in [1.54, 1.807) is 4.68 Å². The van der Waals surface area contributed by atoms with Crippen LogP contribution in [0.25, 0.3) is 22.5 Å². The lowest BCUT2D eigenvalue weighted by atomic mass is 9.98. The summed E-state index contributed by atoms with van der Waals surface area (Å²) in [5, 5.41) is 21.7. The summed E-state index contributed by atoms with van der Waals surface area (Å²) in [7, 11) is 0. The predicted molar refractivity (Wildman–Crippen MR) is 133 cm³/mol. The SMILES string of the molecule is CC(C)n1nc(C(=O)Nc2ccccc2)nc1Cc1ccc(-c2ccccc2-c2nn[nH]n2)cc1. The molecular formula is C26H24N8O. The number of benzene rings is 3. The monoisotopic (exact) mass is 464 g/mol. The number of hydrogen-bond acceptors (Lipinski definition) is 6. The van der Waals surface area contributed by atoms with E-state index in [2.05, 4.69) is 60.3 Å². The number of anilines is 1. The zero-order valence-electron chi connectivity index (χ0n) is 19.4. The number of nitrogens with one attached hydrogen (secondary N) is 2. The van der Waals surface area contributed by atoms with Crippen LogP contribution >= 0.6 is 0 Å². The van der Waals surface area contributed by atoms with Crippen molar-refractivity contribution in [1.29, 1.82) is 0 Å². The van der Waals surface area contributed by atoms with Crippen molar-refractivity contribution in [3.05, 3.63) is 96.1 Å². The summed E-state index contributed by atoms with van der Waals surface area (Å²) >= 11 is 0. The highest BCUT2D eigenvalue weighted by Crippen LogP contribution is 2.30. The van der Waals surface area contributed by atoms with E-state index in [1.807, 2.05) is 68.4 Å². The molecule has 2 aromatic heterocycles. The maximum Gasteiger partial charge on any atom is 0.295 e. The number of H-pyrrole nitrogens is 1. The topological polar surface area (TPSA) is 114 Å². The number of aromatic amines is 1. The van der Waals surface area contributed by atoms with E-state index in [-0.39, 0.29) is 17.8 Å². The van der Waals surface area contributed by atoms with Gasteiger partial charge in [0.1, 0.15) is 5.82 Å². The summed E-state index contributed by atoms with van der Waals surface area (Å²) in [5.74, 6) is 1.11. The van der Waals surface area contributed by atoms with Crippen LogP contribution in [0.2, 0.25) is 0 Å². The highest BCUT2D eigenvalue weighted by Gasteiger charge is 2.19. The summed E-state index contributed by atoms with van der Waals surface area (Å²) in [6.07, 6.45) is 0.552. The van der Waals surface area contributed by atoms with E-state index in [1.165, 1.54) is 0 Å². The third kappa shape index (κ3) is 4.84. The van der Waals surface area contributed by atoms with Gasteiger partial charge in [-0.05, 0) is 47.9 Å². The molecule has 5 rings (SSSR count). The first-order chi connectivity index (χ1) is 17.1. The summed E-state index contributed by atoms with van der Waals surface area (Å²) in [4.78, 5) is 17.3. The molecule has 0 spiro atoms. The molecule has 174 valence electrons. The molecule has 0 aliphatic heterocycles. The van der Waals surface area contributed by atoms with Crippen molar-refractivity contribution in [3.8, 4) is 22.5 Å². The molecule has 0 fully saturated rings. The number of para-hydroxylation sites is 1. The van der Waals surface area contributed by atoms with Gasteiger partial charge >= 0.3 is 0 Å². The van der Waals surface area contributed by atoms with Gasteiger partial charge < -0.3 is 5.32 Å². The second kappa shape index (κ2) is 9.68. The van der Waals surface area contributed by atoms with Crippen LogP contribution in [0, 0.1) is 0 Å². The van der Waals surface area contributed by atoms with Gasteiger partial charge in [-0.15, -0.1) is 15.3 Å². The summed E-state index contributed by atoms with van der Waals surface area (Å²) < 4.78 is 1.80. The average Bonchev–Trinajstić information content (AvgIpc) is 3.56. The van der Waals surface area contributed by atoms with Crippen molar-refractivity contribution in [2.75, 3.05) is 5.32 Å². The van der Waals surface area contributed by atoms with Gasteiger partial charge in [-0.1, -0.05) is 66.7 Å². The Bertz CT molecular complexity index is 1420. The lowest BCUT2D eigenvalue weighted by molar-refractivity contribution is 0.101. The van der Waals surface area contributed by atoms with Crippen LogP contribution < -0.4 is 5.32 Å². The van der Waals surface area contributed by atoms with Crippen LogP contribution in [-0.2, 0) is 6.42 Å². The standard InChI is InChI=1S/C26H24N8O/c1-17(2)34-23(28-25(31-34)26(35)27-20-8-4-3-5-9-20)16-18-12-14-19(15-13-18)21-10-6-7-11-22(21)24-29-32-33-30-24/h3-15,17H,16H2,1-2H3,(H,27,35)(H,29,30,32,33). The van der Waals surface area contributed by atoms with Crippen LogP contribution in [0.4, 0.5) is 5.69 Å². The van der Waals surface area contributed by atoms with Crippen molar-refractivity contribution in [3.63, 3.8) is 0 Å². The van der Waals surface area contributed by atoms with Crippen LogP contribution in [0.15, 0.2) is 78.9 Å². The van der Waals surface area contributed by atoms with Crippen LogP contribution in [0.1, 0.15) is 41.9 Å². The Morgan fingerprint density at radius 2 is 1.66 bits per heavy atom. The van der Waals surface area contributed by atoms with Gasteiger partial charge in [0.25, 0.3) is 5.91 Å². The molecule has 3 aromatic carbocycles. The molecule has 2 N–H and O–H groups in total. The number of aromatic nitrogens is 7. The lowest BCUT2D eigenvalue weighted by Gasteiger charge is -2.10. The molecule has 0 unspecified atom stereocenters. The Kier molecular flexibility index (Phi) is 6.13. The van der Waals surface area contributed by atoms with Gasteiger partial charge in [-0.25, -0.2) is 9.67 Å². The highest BCUT2D eigenvalue weighted by atomic mass is 16.2. The fourth-order valence-electron chi connectivity index (χ4n) is 3.88. The molecule has 35 heavy (non-hydrogen) atoms. The molecule has 0 saturated heterocycles. The molecule has 0 radical (unpaired) electrons. The predicted octanol–water partition coefficient (Wildman–Crippen LogP) is 4.55. The van der Waals surface area contributed by atoms with E-state index in [0.29, 0.717) is 17.9 Å². The van der Waals surface area contributed by atoms with Crippen molar-refractivity contribution in [2.24, 2.45) is 0 Å². The molecule has 0 aliphatic rings. The lowest BCUT2D eigenvalue weighted by Crippen LogP contribution is -2.14. The summed E-state index contributed by atoms with van der Waals surface area (Å²) in [5.41, 5.74) is 4.74. The van der Waals surface area contributed by atoms with Crippen molar-refractivity contribution < 1.29 is 4.79 Å². The fourth-order valence-corrected chi connectivity index (χ4v) is 3.88. The zero-order chi connectivity index (χ0) is 24.2. The van der Waals surface area contributed by atoms with Gasteiger partial charge in [-0.3, -0.25) is 4.79 Å². The van der Waals surface area contributed by atoms with Gasteiger partial charge in [0, 0.05) is 23.7 Å². The molecule has 9 heteroatoms. The second-order valence-electron chi connectivity index (χ2n) is 8.36. The van der Waals surface area contributed by atoms with Crippen LogP contribution in [-0.4, -0.2) is 41.3 Å². The van der Waals surface area contributed by atoms with Gasteiger partial charge in [0.05, 0.1) is 0 Å². The van der Waals surface area contributed by atoms with E-state index in [0.717, 1.165) is 28.1 Å².